The molecule has 1 N–H and O–H groups in total. The first-order valence-electron chi connectivity index (χ1n) is 6.02. The number of benzene rings is 2. The Morgan fingerprint density at radius 3 is 2.20 bits per heavy atom. The largest absolute Gasteiger partial charge is 0.412 e. The van der Waals surface area contributed by atoms with Crippen LogP contribution in [0.5, 0.6) is 0 Å². The van der Waals surface area contributed by atoms with Crippen LogP contribution in [0.2, 0.25) is 0 Å². The van der Waals surface area contributed by atoms with Crippen molar-refractivity contribution in [1.82, 2.24) is 0 Å². The number of rotatable bonds is 3. The fourth-order valence-electron chi connectivity index (χ4n) is 1.89. The molecule has 0 bridgehead atoms. The molecular formula is C15H13F4N. The Kier molecular flexibility index (Phi) is 3.97. The zero-order chi connectivity index (χ0) is 14.8. The molecule has 0 aliphatic carbocycles. The molecule has 106 valence electrons. The fourth-order valence-corrected chi connectivity index (χ4v) is 1.89. The molecule has 1 atom stereocenters. The molecule has 0 amide bonds. The van der Waals surface area contributed by atoms with E-state index >= 15 is 0 Å². The zero-order valence-electron chi connectivity index (χ0n) is 10.7. The van der Waals surface area contributed by atoms with E-state index in [1.54, 1.807) is 19.1 Å². The lowest BCUT2D eigenvalue weighted by Gasteiger charge is -2.23. The van der Waals surface area contributed by atoms with Gasteiger partial charge in [0.1, 0.15) is 11.9 Å². The highest BCUT2D eigenvalue weighted by atomic mass is 19.4. The third-order valence-electron chi connectivity index (χ3n) is 2.88. The van der Waals surface area contributed by atoms with Gasteiger partial charge in [0.2, 0.25) is 0 Å². The summed E-state index contributed by atoms with van der Waals surface area (Å²) in [6.07, 6.45) is -4.52. The predicted octanol–water partition coefficient (Wildman–Crippen LogP) is 4.85. The van der Waals surface area contributed by atoms with Crippen LogP contribution in [0.4, 0.5) is 23.2 Å². The normalized spacial score (nSPS) is 13.1. The van der Waals surface area contributed by atoms with Crippen molar-refractivity contribution >= 4 is 5.69 Å². The van der Waals surface area contributed by atoms with Gasteiger partial charge in [-0.2, -0.15) is 13.2 Å². The summed E-state index contributed by atoms with van der Waals surface area (Å²) in [7, 11) is 0. The predicted molar refractivity (Wildman–Crippen MR) is 70.0 cm³/mol. The van der Waals surface area contributed by atoms with Crippen molar-refractivity contribution in [3.05, 3.63) is 65.5 Å². The summed E-state index contributed by atoms with van der Waals surface area (Å²) in [5, 5.41) is 2.23. The van der Waals surface area contributed by atoms with Gasteiger partial charge < -0.3 is 5.32 Å². The lowest BCUT2D eigenvalue weighted by Crippen LogP contribution is -2.28. The van der Waals surface area contributed by atoms with Crippen molar-refractivity contribution in [3.8, 4) is 0 Å². The first-order chi connectivity index (χ1) is 9.38. The summed E-state index contributed by atoms with van der Waals surface area (Å²) in [6.45, 7) is 1.67. The van der Waals surface area contributed by atoms with E-state index in [4.69, 9.17) is 0 Å². The van der Waals surface area contributed by atoms with Crippen molar-refractivity contribution in [2.75, 3.05) is 5.32 Å². The van der Waals surface area contributed by atoms with Gasteiger partial charge in [-0.3, -0.25) is 0 Å². The Hall–Kier alpha value is -2.04. The van der Waals surface area contributed by atoms with E-state index < -0.39 is 18.0 Å². The van der Waals surface area contributed by atoms with E-state index in [1.165, 1.54) is 36.4 Å². The van der Waals surface area contributed by atoms with Crippen LogP contribution in [0.15, 0.2) is 48.5 Å². The van der Waals surface area contributed by atoms with Crippen molar-refractivity contribution < 1.29 is 17.6 Å². The van der Waals surface area contributed by atoms with E-state index in [0.717, 1.165) is 0 Å². The minimum absolute atomic E-state index is 0.0416. The van der Waals surface area contributed by atoms with E-state index in [0.29, 0.717) is 5.56 Å². The van der Waals surface area contributed by atoms with Gasteiger partial charge in [-0.25, -0.2) is 4.39 Å². The average Bonchev–Trinajstić information content (AvgIpc) is 2.37. The van der Waals surface area contributed by atoms with Crippen molar-refractivity contribution in [2.45, 2.75) is 19.1 Å². The van der Waals surface area contributed by atoms with Crippen LogP contribution in [-0.4, -0.2) is 6.18 Å². The molecule has 2 aromatic rings. The quantitative estimate of drug-likeness (QED) is 0.794. The highest BCUT2D eigenvalue weighted by molar-refractivity contribution is 5.48. The average molecular weight is 283 g/mol. The van der Waals surface area contributed by atoms with Crippen LogP contribution < -0.4 is 5.32 Å². The van der Waals surface area contributed by atoms with Crippen LogP contribution in [-0.2, 0) is 0 Å². The van der Waals surface area contributed by atoms with Crippen molar-refractivity contribution in [2.24, 2.45) is 0 Å². The molecular weight excluding hydrogens is 270 g/mol. The van der Waals surface area contributed by atoms with E-state index in [2.05, 4.69) is 5.32 Å². The summed E-state index contributed by atoms with van der Waals surface area (Å²) >= 11 is 0. The molecule has 1 nitrogen and oxygen atoms in total. The minimum atomic E-state index is -4.52. The van der Waals surface area contributed by atoms with Crippen molar-refractivity contribution in [3.63, 3.8) is 0 Å². The van der Waals surface area contributed by atoms with Gasteiger partial charge in [-0.05, 0) is 30.2 Å². The molecule has 1 unspecified atom stereocenters. The molecule has 20 heavy (non-hydrogen) atoms. The summed E-state index contributed by atoms with van der Waals surface area (Å²) in [5.41, 5.74) is 0.526. The number of halogens is 4. The van der Waals surface area contributed by atoms with Crippen LogP contribution in [0, 0.1) is 12.7 Å². The molecule has 0 aromatic heterocycles. The number of hydrogen-bond acceptors (Lipinski definition) is 1. The molecule has 0 radical (unpaired) electrons. The standard InChI is InChI=1S/C15H13F4N/c1-10-7-8-13(12(16)9-10)20-14(15(17,18)19)11-5-3-2-4-6-11/h2-9,14,20H,1H3. The second-order valence-electron chi connectivity index (χ2n) is 4.51. The number of aryl methyl sites for hydroxylation is 1. The maximum atomic E-state index is 13.7. The lowest BCUT2D eigenvalue weighted by molar-refractivity contribution is -0.144. The van der Waals surface area contributed by atoms with Crippen LogP contribution in [0.25, 0.3) is 0 Å². The van der Waals surface area contributed by atoms with E-state index in [9.17, 15) is 17.6 Å². The van der Waals surface area contributed by atoms with Gasteiger partial charge in [0.25, 0.3) is 0 Å². The molecule has 0 aliphatic rings. The highest BCUT2D eigenvalue weighted by Gasteiger charge is 2.41. The molecule has 5 heteroatoms. The summed E-state index contributed by atoms with van der Waals surface area (Å²) in [4.78, 5) is 0. The first-order valence-corrected chi connectivity index (χ1v) is 6.02. The van der Waals surface area contributed by atoms with Gasteiger partial charge in [-0.1, -0.05) is 36.4 Å². The summed E-state index contributed by atoms with van der Waals surface area (Å²) in [6, 6.07) is 9.50. The van der Waals surface area contributed by atoms with Gasteiger partial charge in [-0.15, -0.1) is 0 Å². The van der Waals surface area contributed by atoms with E-state index in [-0.39, 0.29) is 11.3 Å². The molecule has 0 spiro atoms. The topological polar surface area (TPSA) is 12.0 Å². The Labute approximate surface area is 114 Å². The third kappa shape index (κ3) is 3.29. The second-order valence-corrected chi connectivity index (χ2v) is 4.51. The smallest absolute Gasteiger partial charge is 0.368 e. The van der Waals surface area contributed by atoms with E-state index in [1.807, 2.05) is 0 Å². The van der Waals surface area contributed by atoms with Crippen LogP contribution in [0.1, 0.15) is 17.2 Å². The molecule has 0 heterocycles. The van der Waals surface area contributed by atoms with Gasteiger partial charge in [0, 0.05) is 0 Å². The number of alkyl halides is 3. The SMILES string of the molecule is Cc1ccc(NC(c2ccccc2)C(F)(F)F)c(F)c1. The minimum Gasteiger partial charge on any atom is -0.368 e. The Balaban J connectivity index is 2.34. The number of anilines is 1. The maximum Gasteiger partial charge on any atom is 0.412 e. The molecule has 2 rings (SSSR count). The molecule has 2 aromatic carbocycles. The molecule has 0 saturated carbocycles. The first kappa shape index (κ1) is 14.4. The Bertz CT molecular complexity index is 578. The monoisotopic (exact) mass is 283 g/mol. The second kappa shape index (κ2) is 5.53. The number of nitrogens with one attached hydrogen (secondary N) is 1. The molecule has 0 aliphatic heterocycles. The number of hydrogen-bond donors (Lipinski definition) is 1. The molecule has 0 saturated heterocycles. The van der Waals surface area contributed by atoms with Crippen molar-refractivity contribution in [1.29, 1.82) is 0 Å². The van der Waals surface area contributed by atoms with Crippen LogP contribution in [0.3, 0.4) is 0 Å². The van der Waals surface area contributed by atoms with Gasteiger partial charge >= 0.3 is 6.18 Å². The summed E-state index contributed by atoms with van der Waals surface area (Å²) < 4.78 is 53.0. The lowest BCUT2D eigenvalue weighted by atomic mass is 10.1. The highest BCUT2D eigenvalue weighted by Crippen LogP contribution is 2.36. The zero-order valence-corrected chi connectivity index (χ0v) is 10.7. The molecule has 0 fully saturated rings. The third-order valence-corrected chi connectivity index (χ3v) is 2.88. The Morgan fingerprint density at radius 2 is 1.65 bits per heavy atom. The fraction of sp³-hybridized carbons (Fsp3) is 0.200. The van der Waals surface area contributed by atoms with Gasteiger partial charge in [0.05, 0.1) is 5.69 Å². The summed E-state index contributed by atoms with van der Waals surface area (Å²) in [5.74, 6) is -0.699. The van der Waals surface area contributed by atoms with Gasteiger partial charge in [0.15, 0.2) is 0 Å². The maximum absolute atomic E-state index is 13.7. The Morgan fingerprint density at radius 1 is 1.00 bits per heavy atom. The van der Waals surface area contributed by atoms with Crippen LogP contribution >= 0.6 is 0 Å².